The van der Waals surface area contributed by atoms with E-state index in [0.29, 0.717) is 5.92 Å². The molecule has 0 aromatic heterocycles. The third kappa shape index (κ3) is 5.60. The summed E-state index contributed by atoms with van der Waals surface area (Å²) in [6, 6.07) is 6.45. The maximum atomic E-state index is 9.95. The van der Waals surface area contributed by atoms with Crippen molar-refractivity contribution >= 4 is 11.8 Å². The van der Waals surface area contributed by atoms with Crippen LogP contribution in [-0.2, 0) is 6.42 Å². The maximum absolute atomic E-state index is 9.95. The fourth-order valence-corrected chi connectivity index (χ4v) is 2.70. The molecular formula is C15H24OS. The van der Waals surface area contributed by atoms with Gasteiger partial charge < -0.3 is 5.11 Å². The highest BCUT2D eigenvalue weighted by atomic mass is 32.2. The van der Waals surface area contributed by atoms with Gasteiger partial charge in [-0.05, 0) is 48.6 Å². The second-order valence-electron chi connectivity index (χ2n) is 5.21. The molecule has 96 valence electrons. The van der Waals surface area contributed by atoms with Gasteiger partial charge in [-0.2, -0.15) is 11.8 Å². The van der Waals surface area contributed by atoms with Gasteiger partial charge in [-0.15, -0.1) is 0 Å². The van der Waals surface area contributed by atoms with E-state index in [-0.39, 0.29) is 6.10 Å². The normalized spacial score (nSPS) is 13.1. The van der Waals surface area contributed by atoms with Crippen molar-refractivity contribution in [2.24, 2.45) is 5.92 Å². The zero-order valence-corrected chi connectivity index (χ0v) is 12.2. The third-order valence-electron chi connectivity index (χ3n) is 2.80. The lowest BCUT2D eigenvalue weighted by molar-refractivity contribution is 0.200. The van der Waals surface area contributed by atoms with Crippen molar-refractivity contribution in [1.29, 1.82) is 0 Å². The van der Waals surface area contributed by atoms with Crippen LogP contribution in [0, 0.1) is 19.8 Å². The minimum absolute atomic E-state index is 0.221. The molecule has 0 saturated carbocycles. The first kappa shape index (κ1) is 14.6. The Kier molecular flexibility index (Phi) is 6.07. The Hall–Kier alpha value is -0.470. The number of benzene rings is 1. The molecule has 2 heteroatoms. The number of aliphatic hydroxyl groups is 1. The Morgan fingerprint density at radius 1 is 1.12 bits per heavy atom. The Morgan fingerprint density at radius 2 is 1.82 bits per heavy atom. The molecule has 1 rings (SSSR count). The molecular weight excluding hydrogens is 228 g/mol. The lowest BCUT2D eigenvalue weighted by Gasteiger charge is -2.12. The fraction of sp³-hybridized carbons (Fsp3) is 0.600. The largest absolute Gasteiger partial charge is 0.392 e. The summed E-state index contributed by atoms with van der Waals surface area (Å²) in [5, 5.41) is 9.95. The van der Waals surface area contributed by atoms with Crippen molar-refractivity contribution < 1.29 is 5.11 Å². The number of rotatable bonds is 6. The molecule has 0 fully saturated rings. The van der Waals surface area contributed by atoms with Crippen LogP contribution in [0.2, 0.25) is 0 Å². The van der Waals surface area contributed by atoms with E-state index >= 15 is 0 Å². The summed E-state index contributed by atoms with van der Waals surface area (Å²) in [6.07, 6.45) is 0.549. The minimum Gasteiger partial charge on any atom is -0.392 e. The number of hydrogen-bond acceptors (Lipinski definition) is 2. The van der Waals surface area contributed by atoms with Gasteiger partial charge in [-0.3, -0.25) is 0 Å². The molecule has 1 N–H and O–H groups in total. The van der Waals surface area contributed by atoms with Crippen molar-refractivity contribution in [1.82, 2.24) is 0 Å². The molecule has 0 bridgehead atoms. The van der Waals surface area contributed by atoms with Crippen LogP contribution in [0.5, 0.6) is 0 Å². The van der Waals surface area contributed by atoms with Crippen molar-refractivity contribution in [3.63, 3.8) is 0 Å². The van der Waals surface area contributed by atoms with E-state index in [1.54, 1.807) is 0 Å². The maximum Gasteiger partial charge on any atom is 0.0670 e. The van der Waals surface area contributed by atoms with Crippen LogP contribution in [0.4, 0.5) is 0 Å². The summed E-state index contributed by atoms with van der Waals surface area (Å²) in [5.74, 6) is 2.67. The second-order valence-corrected chi connectivity index (χ2v) is 6.28. The fourth-order valence-electron chi connectivity index (χ4n) is 1.70. The van der Waals surface area contributed by atoms with E-state index in [4.69, 9.17) is 0 Å². The van der Waals surface area contributed by atoms with Crippen LogP contribution in [0.15, 0.2) is 18.2 Å². The molecule has 1 aromatic carbocycles. The average molecular weight is 252 g/mol. The van der Waals surface area contributed by atoms with Gasteiger partial charge in [0.25, 0.3) is 0 Å². The van der Waals surface area contributed by atoms with Crippen LogP contribution >= 0.6 is 11.8 Å². The van der Waals surface area contributed by atoms with Gasteiger partial charge in [-0.25, -0.2) is 0 Å². The van der Waals surface area contributed by atoms with Crippen LogP contribution in [0.3, 0.4) is 0 Å². The first-order valence-corrected chi connectivity index (χ1v) is 7.46. The van der Waals surface area contributed by atoms with Crippen molar-refractivity contribution in [2.75, 3.05) is 11.5 Å². The van der Waals surface area contributed by atoms with Gasteiger partial charge in [0.05, 0.1) is 6.10 Å². The van der Waals surface area contributed by atoms with E-state index in [2.05, 4.69) is 45.9 Å². The summed E-state index contributed by atoms with van der Waals surface area (Å²) < 4.78 is 0. The molecule has 0 aliphatic carbocycles. The SMILES string of the molecule is Cc1ccc(CC(O)CSCC(C)C)cc1C. The molecule has 0 amide bonds. The summed E-state index contributed by atoms with van der Waals surface area (Å²) in [4.78, 5) is 0. The summed E-state index contributed by atoms with van der Waals surface area (Å²) in [5.41, 5.74) is 3.87. The van der Waals surface area contributed by atoms with Crippen molar-refractivity contribution in [3.05, 3.63) is 34.9 Å². The molecule has 0 aliphatic rings. The quantitative estimate of drug-likeness (QED) is 0.835. The molecule has 17 heavy (non-hydrogen) atoms. The number of aryl methyl sites for hydroxylation is 2. The number of aliphatic hydroxyl groups excluding tert-OH is 1. The zero-order valence-electron chi connectivity index (χ0n) is 11.4. The molecule has 1 atom stereocenters. The van der Waals surface area contributed by atoms with Gasteiger partial charge >= 0.3 is 0 Å². The van der Waals surface area contributed by atoms with Gasteiger partial charge in [0.15, 0.2) is 0 Å². The van der Waals surface area contributed by atoms with E-state index in [0.717, 1.165) is 17.9 Å². The Balaban J connectivity index is 2.39. The Bertz CT molecular complexity index is 347. The zero-order chi connectivity index (χ0) is 12.8. The summed E-state index contributed by atoms with van der Waals surface area (Å²) in [6.45, 7) is 8.66. The molecule has 0 spiro atoms. The predicted octanol–water partition coefficient (Wildman–Crippen LogP) is 3.60. The molecule has 1 aromatic rings. The van der Waals surface area contributed by atoms with Gasteiger partial charge in [0, 0.05) is 5.75 Å². The molecule has 0 radical (unpaired) electrons. The smallest absolute Gasteiger partial charge is 0.0670 e. The van der Waals surface area contributed by atoms with E-state index < -0.39 is 0 Å². The van der Waals surface area contributed by atoms with Gasteiger partial charge in [0.2, 0.25) is 0 Å². The van der Waals surface area contributed by atoms with E-state index in [1.165, 1.54) is 16.7 Å². The lowest BCUT2D eigenvalue weighted by Crippen LogP contribution is -2.14. The lowest BCUT2D eigenvalue weighted by atomic mass is 10.0. The van der Waals surface area contributed by atoms with Crippen molar-refractivity contribution in [2.45, 2.75) is 40.2 Å². The van der Waals surface area contributed by atoms with Crippen molar-refractivity contribution in [3.8, 4) is 0 Å². The van der Waals surface area contributed by atoms with Crippen LogP contribution in [0.25, 0.3) is 0 Å². The first-order chi connectivity index (χ1) is 7.99. The first-order valence-electron chi connectivity index (χ1n) is 6.31. The van der Waals surface area contributed by atoms with Crippen LogP contribution < -0.4 is 0 Å². The highest BCUT2D eigenvalue weighted by Crippen LogP contribution is 2.14. The molecule has 1 nitrogen and oxygen atoms in total. The molecule has 0 saturated heterocycles. The summed E-state index contributed by atoms with van der Waals surface area (Å²) in [7, 11) is 0. The van der Waals surface area contributed by atoms with Gasteiger partial charge in [-0.1, -0.05) is 32.0 Å². The number of thioether (sulfide) groups is 1. The summed E-state index contributed by atoms with van der Waals surface area (Å²) >= 11 is 1.85. The minimum atomic E-state index is -0.221. The standard InChI is InChI=1S/C15H24OS/c1-11(2)9-17-10-15(16)8-14-6-5-12(3)13(4)7-14/h5-7,11,15-16H,8-10H2,1-4H3. The van der Waals surface area contributed by atoms with Gasteiger partial charge in [0.1, 0.15) is 0 Å². The monoisotopic (exact) mass is 252 g/mol. The van der Waals surface area contributed by atoms with E-state index in [9.17, 15) is 5.11 Å². The molecule has 0 heterocycles. The second kappa shape index (κ2) is 7.07. The van der Waals surface area contributed by atoms with Crippen LogP contribution in [-0.4, -0.2) is 22.7 Å². The molecule has 0 aliphatic heterocycles. The highest BCUT2D eigenvalue weighted by Gasteiger charge is 2.07. The highest BCUT2D eigenvalue weighted by molar-refractivity contribution is 7.99. The third-order valence-corrected chi connectivity index (χ3v) is 4.33. The number of hydrogen-bond donors (Lipinski definition) is 1. The van der Waals surface area contributed by atoms with E-state index in [1.807, 2.05) is 11.8 Å². The Morgan fingerprint density at radius 3 is 2.41 bits per heavy atom. The molecule has 1 unspecified atom stereocenters. The van der Waals surface area contributed by atoms with Crippen LogP contribution in [0.1, 0.15) is 30.5 Å². The average Bonchev–Trinajstić information content (AvgIpc) is 2.23. The Labute approximate surface area is 110 Å². The topological polar surface area (TPSA) is 20.2 Å². The predicted molar refractivity (Wildman–Crippen MR) is 77.8 cm³/mol.